The molecule has 0 saturated heterocycles. The molecule has 2 nitrogen and oxygen atoms in total. The van der Waals surface area contributed by atoms with Crippen LogP contribution in [0.5, 0.6) is 0 Å². The smallest absolute Gasteiger partial charge is 0.166 e. The first-order valence-corrected chi connectivity index (χ1v) is 7.92. The second-order valence-electron chi connectivity index (χ2n) is 5.90. The van der Waals surface area contributed by atoms with Gasteiger partial charge in [0.2, 0.25) is 0 Å². The van der Waals surface area contributed by atoms with Crippen molar-refractivity contribution in [1.29, 1.82) is 0 Å². The summed E-state index contributed by atoms with van der Waals surface area (Å²) in [6, 6.07) is 8.27. The molecular formula is C18H23NO. The largest absolute Gasteiger partial charge is 0.385 e. The number of carbonyl (C=O) groups is 1. The van der Waals surface area contributed by atoms with Crippen LogP contribution in [0.4, 0.5) is 5.69 Å². The average Bonchev–Trinajstić information content (AvgIpc) is 2.46. The molecule has 0 bridgehead atoms. The van der Waals surface area contributed by atoms with Crippen LogP contribution < -0.4 is 5.32 Å². The zero-order valence-corrected chi connectivity index (χ0v) is 12.0. The van der Waals surface area contributed by atoms with E-state index in [9.17, 15) is 4.79 Å². The molecule has 1 aliphatic heterocycles. The maximum absolute atomic E-state index is 12.9. The van der Waals surface area contributed by atoms with Gasteiger partial charge in [-0.2, -0.15) is 0 Å². The molecule has 0 amide bonds. The molecule has 1 aliphatic carbocycles. The van der Waals surface area contributed by atoms with E-state index in [0.29, 0.717) is 5.78 Å². The lowest BCUT2D eigenvalue weighted by Crippen LogP contribution is -2.24. The number of hydrogen-bond acceptors (Lipinski definition) is 2. The van der Waals surface area contributed by atoms with Crippen LogP contribution in [0.15, 0.2) is 35.9 Å². The molecular weight excluding hydrogens is 246 g/mol. The molecule has 1 atom stereocenters. The molecule has 1 heterocycles. The van der Waals surface area contributed by atoms with E-state index < -0.39 is 0 Å². The van der Waals surface area contributed by atoms with Crippen LogP contribution in [0.1, 0.15) is 56.4 Å². The van der Waals surface area contributed by atoms with Gasteiger partial charge < -0.3 is 5.32 Å². The maximum atomic E-state index is 12.9. The summed E-state index contributed by atoms with van der Waals surface area (Å²) in [5, 5.41) is 3.40. The highest BCUT2D eigenvalue weighted by atomic mass is 16.1. The van der Waals surface area contributed by atoms with Crippen LogP contribution in [0.3, 0.4) is 0 Å². The number of Topliss-reactive ketones (excluding diaryl/α,β-unsaturated/α-hetero) is 1. The molecule has 1 N–H and O–H groups in total. The first kappa shape index (κ1) is 13.4. The van der Waals surface area contributed by atoms with Crippen LogP contribution in [0, 0.1) is 0 Å². The Balaban J connectivity index is 1.84. The van der Waals surface area contributed by atoms with E-state index in [4.69, 9.17) is 0 Å². The minimum absolute atomic E-state index is 0.0677. The fraction of sp³-hybridized carbons (Fsp3) is 0.500. The number of hydrogen-bond donors (Lipinski definition) is 1. The van der Waals surface area contributed by atoms with Crippen molar-refractivity contribution in [2.45, 2.75) is 50.9 Å². The Labute approximate surface area is 121 Å². The Bertz CT molecular complexity index is 518. The van der Waals surface area contributed by atoms with Gasteiger partial charge in [-0.3, -0.25) is 4.79 Å². The van der Waals surface area contributed by atoms with Gasteiger partial charge in [0.05, 0.1) is 5.92 Å². The van der Waals surface area contributed by atoms with E-state index in [1.807, 2.05) is 12.1 Å². The van der Waals surface area contributed by atoms with E-state index in [2.05, 4.69) is 23.5 Å². The topological polar surface area (TPSA) is 29.1 Å². The summed E-state index contributed by atoms with van der Waals surface area (Å²) in [5.74, 6) is 0.443. The molecule has 1 unspecified atom stereocenters. The predicted octanol–water partition coefficient (Wildman–Crippen LogP) is 4.44. The molecule has 1 aromatic rings. The van der Waals surface area contributed by atoms with E-state index in [-0.39, 0.29) is 5.92 Å². The Kier molecular flexibility index (Phi) is 4.19. The second-order valence-corrected chi connectivity index (χ2v) is 5.90. The third kappa shape index (κ3) is 2.79. The quantitative estimate of drug-likeness (QED) is 0.860. The lowest BCUT2D eigenvalue weighted by Gasteiger charge is -2.26. The monoisotopic (exact) mass is 269 g/mol. The Morgan fingerprint density at radius 2 is 1.95 bits per heavy atom. The third-order valence-corrected chi connectivity index (χ3v) is 4.51. The number of carbonyl (C=O) groups excluding carboxylic acids is 1. The minimum Gasteiger partial charge on any atom is -0.385 e. The number of para-hydroxylation sites is 1. The van der Waals surface area contributed by atoms with Crippen molar-refractivity contribution in [3.8, 4) is 0 Å². The lowest BCUT2D eigenvalue weighted by atomic mass is 9.82. The first-order chi connectivity index (χ1) is 9.86. The van der Waals surface area contributed by atoms with Gasteiger partial charge in [0, 0.05) is 12.2 Å². The lowest BCUT2D eigenvalue weighted by molar-refractivity contribution is -0.117. The van der Waals surface area contributed by atoms with Gasteiger partial charge in [-0.15, -0.1) is 0 Å². The van der Waals surface area contributed by atoms with Gasteiger partial charge in [0.1, 0.15) is 0 Å². The Morgan fingerprint density at radius 1 is 1.10 bits per heavy atom. The number of fused-ring (bicyclic) bond motifs is 1. The van der Waals surface area contributed by atoms with E-state index in [1.54, 1.807) is 0 Å². The Morgan fingerprint density at radius 3 is 2.90 bits per heavy atom. The van der Waals surface area contributed by atoms with Crippen LogP contribution in [0.2, 0.25) is 0 Å². The van der Waals surface area contributed by atoms with E-state index >= 15 is 0 Å². The fourth-order valence-corrected chi connectivity index (χ4v) is 3.38. The van der Waals surface area contributed by atoms with Crippen LogP contribution >= 0.6 is 0 Å². The van der Waals surface area contributed by atoms with Crippen molar-refractivity contribution in [2.75, 3.05) is 11.9 Å². The van der Waals surface area contributed by atoms with Gasteiger partial charge >= 0.3 is 0 Å². The number of rotatable bonds is 2. The average molecular weight is 269 g/mol. The van der Waals surface area contributed by atoms with Crippen molar-refractivity contribution in [2.24, 2.45) is 0 Å². The van der Waals surface area contributed by atoms with Crippen molar-refractivity contribution < 1.29 is 4.79 Å². The molecule has 2 aliphatic rings. The summed E-state index contributed by atoms with van der Waals surface area (Å²) in [7, 11) is 0. The van der Waals surface area contributed by atoms with Crippen molar-refractivity contribution in [1.82, 2.24) is 0 Å². The van der Waals surface area contributed by atoms with E-state index in [0.717, 1.165) is 37.1 Å². The summed E-state index contributed by atoms with van der Waals surface area (Å²) in [6.07, 6.45) is 10.2. The highest BCUT2D eigenvalue weighted by Gasteiger charge is 2.28. The van der Waals surface area contributed by atoms with Crippen molar-refractivity contribution in [3.63, 3.8) is 0 Å². The highest BCUT2D eigenvalue weighted by Crippen LogP contribution is 2.34. The number of ketones is 1. The summed E-state index contributed by atoms with van der Waals surface area (Å²) in [4.78, 5) is 12.9. The van der Waals surface area contributed by atoms with E-state index in [1.165, 1.54) is 31.2 Å². The Hall–Kier alpha value is -1.57. The van der Waals surface area contributed by atoms with Crippen LogP contribution in [0.25, 0.3) is 0 Å². The summed E-state index contributed by atoms with van der Waals surface area (Å²) in [6.45, 7) is 0.903. The molecule has 0 aromatic heterocycles. The minimum atomic E-state index is 0.0677. The number of anilines is 1. The summed E-state index contributed by atoms with van der Waals surface area (Å²) < 4.78 is 0. The highest BCUT2D eigenvalue weighted by molar-refractivity contribution is 6.01. The fourth-order valence-electron chi connectivity index (χ4n) is 3.38. The SMILES string of the molecule is O=C(/C1=C/CCCCCC1)C1CCNc2ccccc21. The normalized spacial score (nSPS) is 25.4. The molecule has 2 heteroatoms. The van der Waals surface area contributed by atoms with Gasteiger partial charge in [-0.05, 0) is 49.3 Å². The maximum Gasteiger partial charge on any atom is 0.166 e. The summed E-state index contributed by atoms with van der Waals surface area (Å²) in [5.41, 5.74) is 3.42. The van der Waals surface area contributed by atoms with Crippen molar-refractivity contribution in [3.05, 3.63) is 41.5 Å². The number of nitrogens with one attached hydrogen (secondary N) is 1. The zero-order chi connectivity index (χ0) is 13.8. The molecule has 1 aromatic carbocycles. The van der Waals surface area contributed by atoms with Crippen LogP contribution in [-0.4, -0.2) is 12.3 Å². The molecule has 0 radical (unpaired) electrons. The standard InChI is InChI=1S/C18H23NO/c20-18(14-8-4-2-1-3-5-9-14)16-12-13-19-17-11-7-6-10-15(16)17/h6-8,10-11,16,19H,1-5,9,12-13H2/b14-8+. The first-order valence-electron chi connectivity index (χ1n) is 7.92. The number of benzene rings is 1. The molecule has 0 spiro atoms. The molecule has 106 valence electrons. The molecule has 20 heavy (non-hydrogen) atoms. The summed E-state index contributed by atoms with van der Waals surface area (Å²) >= 11 is 0. The van der Waals surface area contributed by atoms with Gasteiger partial charge in [0.25, 0.3) is 0 Å². The number of allylic oxidation sites excluding steroid dienone is 2. The third-order valence-electron chi connectivity index (χ3n) is 4.51. The zero-order valence-electron chi connectivity index (χ0n) is 12.0. The van der Waals surface area contributed by atoms with Gasteiger partial charge in [-0.1, -0.05) is 37.1 Å². The second kappa shape index (κ2) is 6.25. The van der Waals surface area contributed by atoms with Gasteiger partial charge in [-0.25, -0.2) is 0 Å². The predicted molar refractivity (Wildman–Crippen MR) is 83.1 cm³/mol. The molecule has 3 rings (SSSR count). The molecule has 0 saturated carbocycles. The van der Waals surface area contributed by atoms with Gasteiger partial charge in [0.15, 0.2) is 5.78 Å². The van der Waals surface area contributed by atoms with Crippen LogP contribution in [-0.2, 0) is 4.79 Å². The van der Waals surface area contributed by atoms with Crippen molar-refractivity contribution >= 4 is 11.5 Å². The molecule has 0 fully saturated rings.